The summed E-state index contributed by atoms with van der Waals surface area (Å²) in [6, 6.07) is 0. The maximum absolute atomic E-state index is 0. The average molecular weight is 404 g/mol. The summed E-state index contributed by atoms with van der Waals surface area (Å²) in [5, 5.41) is 0. The van der Waals surface area contributed by atoms with Gasteiger partial charge in [-0.15, -0.1) is 0 Å². The van der Waals surface area contributed by atoms with E-state index in [-0.39, 0.29) is 54.4 Å². The third-order valence-corrected chi connectivity index (χ3v) is 0. The van der Waals surface area contributed by atoms with Crippen molar-refractivity contribution >= 4 is 0 Å². The molecule has 0 aliphatic rings. The molecule has 0 aromatic rings. The van der Waals surface area contributed by atoms with E-state index in [1.807, 2.05) is 0 Å². The first-order chi connectivity index (χ1) is 0. The van der Waals surface area contributed by atoms with E-state index in [4.69, 9.17) is 0 Å². The molecule has 0 saturated carbocycles. The Morgan fingerprint density at radius 2 is 1.00 bits per heavy atom. The summed E-state index contributed by atoms with van der Waals surface area (Å²) in [4.78, 5) is 0. The molecule has 0 aliphatic carbocycles. The van der Waals surface area contributed by atoms with E-state index in [0.29, 0.717) is 0 Å². The van der Waals surface area contributed by atoms with Crippen LogP contribution in [0.1, 0.15) is 7.43 Å². The van der Waals surface area contributed by atoms with Gasteiger partial charge in [-0.25, -0.2) is 0 Å². The molecule has 0 unspecified atom stereocenters. The summed E-state index contributed by atoms with van der Waals surface area (Å²) in [5.41, 5.74) is 0. The number of hydrogen-bond acceptors (Lipinski definition) is 0. The topological polar surface area (TPSA) is 31.5 Å². The van der Waals surface area contributed by atoms with Crippen LogP contribution in [0.4, 0.5) is 0 Å². The maximum atomic E-state index is 0. The summed E-state index contributed by atoms with van der Waals surface area (Å²) in [5.74, 6) is 0. The van der Waals surface area contributed by atoms with Crippen LogP contribution in [-0.4, -0.2) is 5.48 Å². The molecule has 0 saturated heterocycles. The molecule has 0 spiro atoms. The molecule has 0 bridgehead atoms. The Labute approximate surface area is 54.4 Å². The Morgan fingerprint density at radius 1 is 1.00 bits per heavy atom. The van der Waals surface area contributed by atoms with Crippen LogP contribution in [0.3, 0.4) is 0 Å². The van der Waals surface area contributed by atoms with Crippen LogP contribution in [0.5, 0.6) is 0 Å². The molecule has 0 rings (SSSR count). The average Bonchev–Trinajstić information content (AvgIpc) is 0. The van der Waals surface area contributed by atoms with Crippen molar-refractivity contribution in [3.63, 3.8) is 0 Å². The van der Waals surface area contributed by atoms with Crippen molar-refractivity contribution in [3.05, 3.63) is 0 Å². The molecule has 2 N–H and O–H groups in total. The van der Waals surface area contributed by atoms with Crippen molar-refractivity contribution in [2.24, 2.45) is 0 Å². The Balaban J connectivity index is 0. The normalized spacial score (nSPS) is 0. The maximum Gasteiger partial charge on any atom is 0 e. The van der Waals surface area contributed by atoms with Gasteiger partial charge in [0.15, 0.2) is 0 Å². The van der Waals surface area contributed by atoms with Gasteiger partial charge in [-0.1, -0.05) is 7.43 Å². The second-order valence-electron chi connectivity index (χ2n) is 0. The molecule has 0 atom stereocenters. The van der Waals surface area contributed by atoms with E-state index in [2.05, 4.69) is 0 Å². The second-order valence-corrected chi connectivity index (χ2v) is 0. The summed E-state index contributed by atoms with van der Waals surface area (Å²) >= 11 is 0. The van der Waals surface area contributed by atoms with Crippen molar-refractivity contribution in [1.82, 2.24) is 0 Å². The molecule has 0 fully saturated rings. The first kappa shape index (κ1) is 57.4. The molecule has 0 aliphatic heterocycles. The van der Waals surface area contributed by atoms with Crippen molar-refractivity contribution in [3.8, 4) is 0 Å². The van der Waals surface area contributed by atoms with Gasteiger partial charge in [-0.3, -0.25) is 0 Å². The van der Waals surface area contributed by atoms with Gasteiger partial charge in [0.25, 0.3) is 0 Å². The minimum absolute atomic E-state index is 0. The van der Waals surface area contributed by atoms with E-state index >= 15 is 0 Å². The van der Waals surface area contributed by atoms with Gasteiger partial charge < -0.3 is 5.48 Å². The third kappa shape index (κ3) is 10.3. The smallest absolute Gasteiger partial charge is 0 e. The van der Waals surface area contributed by atoms with Gasteiger partial charge in [0.2, 0.25) is 0 Å². The van der Waals surface area contributed by atoms with Crippen molar-refractivity contribution in [1.29, 1.82) is 0 Å². The quantitative estimate of drug-likeness (QED) is 0.536. The largest absolute Gasteiger partial charge is 0.412 e. The van der Waals surface area contributed by atoms with Gasteiger partial charge in [0.05, 0.1) is 0 Å². The minimum atomic E-state index is 0. The van der Waals surface area contributed by atoms with Gasteiger partial charge >= 0.3 is 0 Å². The van der Waals surface area contributed by atoms with Gasteiger partial charge in [0, 0.05) is 41.5 Å². The van der Waals surface area contributed by atoms with Crippen molar-refractivity contribution in [2.75, 3.05) is 0 Å². The fourth-order valence-corrected chi connectivity index (χ4v) is 0. The first-order valence-corrected chi connectivity index (χ1v) is 0. The number of rotatable bonds is 0. The Bertz CT molecular complexity index is 8.00. The Kier molecular flexibility index (Phi) is 395. The summed E-state index contributed by atoms with van der Waals surface area (Å²) in [6.45, 7) is 0. The van der Waals surface area contributed by atoms with Gasteiger partial charge in [-0.05, 0) is 0 Å². The van der Waals surface area contributed by atoms with E-state index in [0.717, 1.165) is 0 Å². The standard InChI is InChI=1S/CH4.H2O.Re.W/h1H4;1H2;;. The predicted molar refractivity (Wildman–Crippen MR) is 10.3 cm³/mol. The van der Waals surface area contributed by atoms with E-state index in [1.165, 1.54) is 0 Å². The Hall–Kier alpha value is 1.31. The second kappa shape index (κ2) is 27.5. The van der Waals surface area contributed by atoms with E-state index in [9.17, 15) is 0 Å². The Morgan fingerprint density at radius 3 is 1.00 bits per heavy atom. The van der Waals surface area contributed by atoms with Crippen molar-refractivity contribution in [2.45, 2.75) is 7.43 Å². The van der Waals surface area contributed by atoms with Gasteiger partial charge in [-0.2, -0.15) is 0 Å². The zero-order valence-corrected chi connectivity index (χ0v) is 6.94. The van der Waals surface area contributed by atoms with Crippen LogP contribution >= 0.6 is 0 Å². The van der Waals surface area contributed by atoms with Crippen LogP contribution < -0.4 is 0 Å². The monoisotopic (exact) mass is 405 g/mol. The van der Waals surface area contributed by atoms with Crippen LogP contribution in [0.2, 0.25) is 0 Å². The van der Waals surface area contributed by atoms with Crippen LogP contribution in [0, 0.1) is 0 Å². The fourth-order valence-electron chi connectivity index (χ4n) is 0. The predicted octanol–water partition coefficient (Wildman–Crippen LogP) is -0.194. The fraction of sp³-hybridized carbons (Fsp3) is 1.00. The molecule has 1 nitrogen and oxygen atoms in total. The molecule has 3 heteroatoms. The molecule has 4 heavy (non-hydrogen) atoms. The molecule has 1 radical (unpaired) electrons. The first-order valence-electron chi connectivity index (χ1n) is 0. The molecular formula is CH6OReW. The molecular weight excluding hydrogens is 398 g/mol. The summed E-state index contributed by atoms with van der Waals surface area (Å²) in [7, 11) is 0. The van der Waals surface area contributed by atoms with E-state index in [1.54, 1.807) is 0 Å². The molecule has 0 amide bonds. The minimum Gasteiger partial charge on any atom is -0.412 e. The summed E-state index contributed by atoms with van der Waals surface area (Å²) in [6.07, 6.45) is 0. The summed E-state index contributed by atoms with van der Waals surface area (Å²) < 4.78 is 0. The number of hydrogen-bond donors (Lipinski definition) is 0. The molecule has 0 aromatic carbocycles. The van der Waals surface area contributed by atoms with Crippen LogP contribution in [-0.2, 0) is 41.5 Å². The van der Waals surface area contributed by atoms with Crippen molar-refractivity contribution < 1.29 is 47.0 Å². The van der Waals surface area contributed by atoms with Crippen LogP contribution in [0.15, 0.2) is 0 Å². The zero-order valence-electron chi connectivity index (χ0n) is 1.29. The molecule has 0 heterocycles. The zero-order chi connectivity index (χ0) is 0. The SMILES string of the molecule is C.O.[Re].[W]. The molecule has 29 valence electrons. The van der Waals surface area contributed by atoms with Gasteiger partial charge in [0.1, 0.15) is 0 Å². The molecule has 0 aromatic heterocycles. The van der Waals surface area contributed by atoms with Crippen LogP contribution in [0.25, 0.3) is 0 Å². The third-order valence-electron chi connectivity index (χ3n) is 0. The van der Waals surface area contributed by atoms with E-state index < -0.39 is 0 Å².